The molecule has 0 fully saturated rings. The summed E-state index contributed by atoms with van der Waals surface area (Å²) in [6.07, 6.45) is 1.02. The number of aldehydes is 1. The van der Waals surface area contributed by atoms with Crippen molar-refractivity contribution < 1.29 is 26.9 Å². The molecule has 2 heterocycles. The molecule has 10 heteroatoms. The number of thiophene rings is 1. The zero-order valence-corrected chi connectivity index (χ0v) is 26.3. The van der Waals surface area contributed by atoms with E-state index in [2.05, 4.69) is 16.7 Å². The Balaban J connectivity index is 1.46. The number of alkyl carbamates (subject to hydrolysis) is 1. The fourth-order valence-electron chi connectivity index (χ4n) is 4.65. The average molecular weight is 697 g/mol. The SMILES string of the molecule is CC(C)(C)OC(=O)NCc1ccc(NC(=O)c2cc3c(cc2-c2ccc(OI)cc2C=O)OCCc2ccsc2-3)cc1. The highest BCUT2D eigenvalue weighted by atomic mass is 127. The summed E-state index contributed by atoms with van der Waals surface area (Å²) < 4.78 is 16.7. The second kappa shape index (κ2) is 12.5. The highest BCUT2D eigenvalue weighted by Gasteiger charge is 2.24. The third-order valence-electron chi connectivity index (χ3n) is 6.56. The zero-order valence-electron chi connectivity index (χ0n) is 23.3. The van der Waals surface area contributed by atoms with Crippen molar-refractivity contribution in [3.63, 3.8) is 0 Å². The summed E-state index contributed by atoms with van der Waals surface area (Å²) in [5, 5.41) is 7.76. The second-order valence-corrected chi connectivity index (χ2v) is 12.1. The summed E-state index contributed by atoms with van der Waals surface area (Å²) in [7, 11) is 0. The fourth-order valence-corrected chi connectivity index (χ4v) is 5.90. The normalized spacial score (nSPS) is 12.2. The Morgan fingerprint density at radius 3 is 2.52 bits per heavy atom. The lowest BCUT2D eigenvalue weighted by molar-refractivity contribution is 0.0523. The maximum absolute atomic E-state index is 13.8. The number of nitrogens with one attached hydrogen (secondary N) is 2. The van der Waals surface area contributed by atoms with Crippen molar-refractivity contribution in [1.82, 2.24) is 5.32 Å². The van der Waals surface area contributed by atoms with Gasteiger partial charge in [0.15, 0.2) is 29.3 Å². The minimum atomic E-state index is -0.581. The minimum absolute atomic E-state index is 0.284. The van der Waals surface area contributed by atoms with Crippen molar-refractivity contribution >= 4 is 58.3 Å². The van der Waals surface area contributed by atoms with Gasteiger partial charge in [-0.05, 0) is 96.9 Å². The fraction of sp³-hybridized carbons (Fsp3) is 0.219. The quantitative estimate of drug-likeness (QED) is 0.151. The lowest BCUT2D eigenvalue weighted by Gasteiger charge is -2.19. The number of halogens is 1. The molecule has 3 aromatic carbocycles. The van der Waals surface area contributed by atoms with Crippen LogP contribution in [0.4, 0.5) is 10.5 Å². The van der Waals surface area contributed by atoms with Crippen LogP contribution >= 0.6 is 34.3 Å². The Morgan fingerprint density at radius 2 is 1.81 bits per heavy atom. The number of ether oxygens (including phenoxy) is 2. The molecule has 0 unspecified atom stereocenters. The van der Waals surface area contributed by atoms with Crippen molar-refractivity contribution in [3.8, 4) is 33.1 Å². The van der Waals surface area contributed by atoms with E-state index in [1.807, 2.05) is 29.6 Å². The summed E-state index contributed by atoms with van der Waals surface area (Å²) >= 11 is 3.37. The molecular formula is C32H29IN2O6S. The molecule has 0 radical (unpaired) electrons. The molecule has 4 aromatic rings. The average Bonchev–Trinajstić information content (AvgIpc) is 3.36. The van der Waals surface area contributed by atoms with Gasteiger partial charge in [0.05, 0.1) is 6.61 Å². The first-order valence-electron chi connectivity index (χ1n) is 13.3. The van der Waals surface area contributed by atoms with E-state index in [1.54, 1.807) is 85.4 Å². The molecule has 5 rings (SSSR count). The van der Waals surface area contributed by atoms with Crippen LogP contribution in [0, 0.1) is 0 Å². The van der Waals surface area contributed by atoms with Gasteiger partial charge in [-0.3, -0.25) is 9.59 Å². The van der Waals surface area contributed by atoms with Crippen LogP contribution in [0.3, 0.4) is 0 Å². The number of rotatable bonds is 7. The van der Waals surface area contributed by atoms with Gasteiger partial charge in [0.1, 0.15) is 17.1 Å². The molecule has 42 heavy (non-hydrogen) atoms. The predicted octanol–water partition coefficient (Wildman–Crippen LogP) is 7.84. The largest absolute Gasteiger partial charge is 0.493 e. The molecule has 2 amide bonds. The van der Waals surface area contributed by atoms with E-state index in [0.29, 0.717) is 46.0 Å². The molecule has 1 aliphatic rings. The summed E-state index contributed by atoms with van der Waals surface area (Å²) in [6, 6.07) is 18.1. The van der Waals surface area contributed by atoms with E-state index in [-0.39, 0.29) is 12.5 Å². The van der Waals surface area contributed by atoms with Crippen molar-refractivity contribution in [2.75, 3.05) is 11.9 Å². The van der Waals surface area contributed by atoms with Crippen LogP contribution in [-0.2, 0) is 17.7 Å². The summed E-state index contributed by atoms with van der Waals surface area (Å²) in [5.41, 5.74) is 4.83. The van der Waals surface area contributed by atoms with Gasteiger partial charge >= 0.3 is 6.09 Å². The molecule has 0 aliphatic carbocycles. The standard InChI is InChI=1S/C32H29IN2O6S/c1-32(2,3)40-31(38)34-17-19-4-6-22(7-5-19)35-30(37)26-15-27-28(39-12-10-20-11-13-42-29(20)27)16-25(26)24-9-8-23(41-33)14-21(24)18-36/h4-9,11,13-16,18H,10,12,17H2,1-3H3,(H,34,38)(H,35,37). The van der Waals surface area contributed by atoms with Crippen LogP contribution in [0.2, 0.25) is 0 Å². The lowest BCUT2D eigenvalue weighted by atomic mass is 9.92. The molecule has 1 aromatic heterocycles. The van der Waals surface area contributed by atoms with Gasteiger partial charge in [0.25, 0.3) is 5.91 Å². The molecule has 8 nitrogen and oxygen atoms in total. The number of benzene rings is 3. The maximum atomic E-state index is 13.8. The monoisotopic (exact) mass is 696 g/mol. The molecule has 1 aliphatic heterocycles. The summed E-state index contributed by atoms with van der Waals surface area (Å²) in [5.74, 6) is 0.861. The Labute approximate surface area is 262 Å². The number of carbonyl (C=O) groups excluding carboxylic acids is 3. The van der Waals surface area contributed by atoms with E-state index in [4.69, 9.17) is 12.5 Å². The van der Waals surface area contributed by atoms with Crippen LogP contribution in [0.1, 0.15) is 52.6 Å². The molecule has 0 spiro atoms. The van der Waals surface area contributed by atoms with Gasteiger partial charge in [0, 0.05) is 40.2 Å². The van der Waals surface area contributed by atoms with E-state index in [9.17, 15) is 14.4 Å². The van der Waals surface area contributed by atoms with Crippen LogP contribution in [0.15, 0.2) is 66.0 Å². The van der Waals surface area contributed by atoms with Crippen LogP contribution in [0.25, 0.3) is 21.6 Å². The number of carbonyl (C=O) groups is 3. The Morgan fingerprint density at radius 1 is 1.02 bits per heavy atom. The summed E-state index contributed by atoms with van der Waals surface area (Å²) in [4.78, 5) is 39.0. The van der Waals surface area contributed by atoms with Gasteiger partial charge in [0.2, 0.25) is 0 Å². The first-order valence-corrected chi connectivity index (χ1v) is 15.0. The number of hydrogen-bond acceptors (Lipinski definition) is 7. The topological polar surface area (TPSA) is 103 Å². The molecule has 0 saturated carbocycles. The maximum Gasteiger partial charge on any atom is 0.407 e. The van der Waals surface area contributed by atoms with E-state index < -0.39 is 11.7 Å². The van der Waals surface area contributed by atoms with Gasteiger partial charge in [-0.15, -0.1) is 11.3 Å². The Hall–Kier alpha value is -3.90. The van der Waals surface area contributed by atoms with E-state index >= 15 is 0 Å². The first-order chi connectivity index (χ1) is 20.1. The zero-order chi connectivity index (χ0) is 29.9. The number of anilines is 1. The van der Waals surface area contributed by atoms with Crippen molar-refractivity contribution in [1.29, 1.82) is 0 Å². The number of hydrogen-bond donors (Lipinski definition) is 2. The second-order valence-electron chi connectivity index (χ2n) is 10.7. The third-order valence-corrected chi connectivity index (χ3v) is 8.06. The molecule has 0 atom stereocenters. The molecule has 216 valence electrons. The highest BCUT2D eigenvalue weighted by molar-refractivity contribution is 14.1. The van der Waals surface area contributed by atoms with Crippen molar-refractivity contribution in [2.24, 2.45) is 0 Å². The van der Waals surface area contributed by atoms with Gasteiger partial charge in [-0.2, -0.15) is 0 Å². The highest BCUT2D eigenvalue weighted by Crippen LogP contribution is 2.43. The smallest absolute Gasteiger partial charge is 0.407 e. The third kappa shape index (κ3) is 6.76. The van der Waals surface area contributed by atoms with Crippen molar-refractivity contribution in [2.45, 2.75) is 39.3 Å². The van der Waals surface area contributed by atoms with E-state index in [0.717, 1.165) is 28.7 Å². The van der Waals surface area contributed by atoms with Crippen LogP contribution in [0.5, 0.6) is 11.5 Å². The lowest BCUT2D eigenvalue weighted by Crippen LogP contribution is -2.32. The molecule has 0 bridgehead atoms. The Bertz CT molecular complexity index is 1640. The van der Waals surface area contributed by atoms with Gasteiger partial charge < -0.3 is 23.2 Å². The van der Waals surface area contributed by atoms with E-state index in [1.165, 1.54) is 5.56 Å². The minimum Gasteiger partial charge on any atom is -0.493 e. The number of fused-ring (bicyclic) bond motifs is 3. The van der Waals surface area contributed by atoms with Crippen LogP contribution in [-0.4, -0.2) is 30.5 Å². The van der Waals surface area contributed by atoms with Crippen LogP contribution < -0.4 is 18.4 Å². The summed E-state index contributed by atoms with van der Waals surface area (Å²) in [6.45, 7) is 6.21. The molecule has 2 N–H and O–H groups in total. The first kappa shape index (κ1) is 29.6. The molecule has 0 saturated heterocycles. The van der Waals surface area contributed by atoms with Gasteiger partial charge in [-0.25, -0.2) is 4.79 Å². The van der Waals surface area contributed by atoms with Crippen molar-refractivity contribution in [3.05, 3.63) is 88.3 Å². The van der Waals surface area contributed by atoms with Gasteiger partial charge in [-0.1, -0.05) is 12.1 Å². The molecular weight excluding hydrogens is 667 g/mol. The number of amides is 2. The predicted molar refractivity (Wildman–Crippen MR) is 172 cm³/mol. The Kier molecular flexibility index (Phi) is 8.83.